The highest BCUT2D eigenvalue weighted by atomic mass is 19.1. The van der Waals surface area contributed by atoms with Crippen molar-refractivity contribution in [2.75, 3.05) is 57.6 Å². The number of anilines is 2. The maximum atomic E-state index is 15.8. The number of hydrogen-bond donors (Lipinski definition) is 3. The van der Waals surface area contributed by atoms with Gasteiger partial charge < -0.3 is 29.5 Å². The van der Waals surface area contributed by atoms with Gasteiger partial charge in [-0.05, 0) is 83.0 Å². The fourth-order valence-corrected chi connectivity index (χ4v) is 6.60. The van der Waals surface area contributed by atoms with Crippen LogP contribution in [-0.4, -0.2) is 95.0 Å². The van der Waals surface area contributed by atoms with E-state index in [-0.39, 0.29) is 23.4 Å². The molecule has 1 amide bonds. The van der Waals surface area contributed by atoms with Crippen LogP contribution in [0.1, 0.15) is 54.9 Å². The first kappa shape index (κ1) is 31.8. The Labute approximate surface area is 268 Å². The molecule has 12 heteroatoms. The topological polar surface area (TPSA) is 121 Å². The third-order valence-electron chi connectivity index (χ3n) is 9.17. The summed E-state index contributed by atoms with van der Waals surface area (Å²) in [6, 6.07) is 9.76. The Kier molecular flexibility index (Phi) is 9.76. The van der Waals surface area contributed by atoms with Gasteiger partial charge in [-0.1, -0.05) is 0 Å². The third kappa shape index (κ3) is 6.84. The van der Waals surface area contributed by atoms with Crippen molar-refractivity contribution in [2.45, 2.75) is 56.7 Å². The molecule has 0 spiro atoms. The van der Waals surface area contributed by atoms with E-state index in [4.69, 9.17) is 9.72 Å². The molecule has 1 aliphatic carbocycles. The van der Waals surface area contributed by atoms with Gasteiger partial charge in [0, 0.05) is 62.5 Å². The van der Waals surface area contributed by atoms with E-state index in [0.29, 0.717) is 36.1 Å². The summed E-state index contributed by atoms with van der Waals surface area (Å²) in [5.41, 5.74) is 2.96. The Morgan fingerprint density at radius 3 is 2.61 bits per heavy atom. The predicted molar refractivity (Wildman–Crippen MR) is 177 cm³/mol. The van der Waals surface area contributed by atoms with Crippen LogP contribution in [0.25, 0.3) is 22.3 Å². The molecule has 1 aromatic carbocycles. The normalized spacial score (nSPS) is 19.1. The number of hydrogen-bond acceptors (Lipinski definition) is 9. The molecule has 2 aliphatic rings. The number of carbonyl (C=O) groups excluding carboxylic acids is 1. The van der Waals surface area contributed by atoms with Crippen LogP contribution in [-0.2, 0) is 0 Å². The summed E-state index contributed by atoms with van der Waals surface area (Å²) in [6.07, 6.45) is 9.04. The first-order valence-electron chi connectivity index (χ1n) is 16.1. The van der Waals surface area contributed by atoms with Gasteiger partial charge in [0.25, 0.3) is 5.91 Å². The minimum absolute atomic E-state index is 0.0197. The smallest absolute Gasteiger partial charge is 0.261 e. The van der Waals surface area contributed by atoms with E-state index in [1.807, 2.05) is 6.07 Å². The molecule has 0 radical (unpaired) electrons. The second-order valence-corrected chi connectivity index (χ2v) is 12.5. The lowest BCUT2D eigenvalue weighted by Crippen LogP contribution is -2.44. The van der Waals surface area contributed by atoms with Crippen molar-refractivity contribution in [1.82, 2.24) is 29.7 Å². The monoisotopic (exact) mass is 630 g/mol. The number of rotatable bonds is 10. The number of nitrogens with zero attached hydrogens (tertiary/aromatic N) is 6. The molecule has 0 atom stereocenters. The summed E-state index contributed by atoms with van der Waals surface area (Å²) >= 11 is 0. The van der Waals surface area contributed by atoms with Crippen molar-refractivity contribution in [2.24, 2.45) is 0 Å². The largest absolute Gasteiger partial charge is 0.496 e. The van der Waals surface area contributed by atoms with E-state index < -0.39 is 11.7 Å². The van der Waals surface area contributed by atoms with Crippen LogP contribution >= 0.6 is 0 Å². The molecular formula is C34H43FN8O3. The molecule has 3 aromatic heterocycles. The number of piperidine rings is 1. The van der Waals surface area contributed by atoms with Crippen molar-refractivity contribution in [3.8, 4) is 17.0 Å². The van der Waals surface area contributed by atoms with Crippen molar-refractivity contribution in [3.63, 3.8) is 0 Å². The lowest BCUT2D eigenvalue weighted by atomic mass is 9.93. The maximum Gasteiger partial charge on any atom is 0.261 e. The highest BCUT2D eigenvalue weighted by Crippen LogP contribution is 2.37. The van der Waals surface area contributed by atoms with Gasteiger partial charge >= 0.3 is 0 Å². The quantitative estimate of drug-likeness (QED) is 0.233. The maximum absolute atomic E-state index is 15.8. The molecule has 0 bridgehead atoms. The zero-order valence-corrected chi connectivity index (χ0v) is 26.7. The lowest BCUT2D eigenvalue weighted by Gasteiger charge is -2.34. The summed E-state index contributed by atoms with van der Waals surface area (Å²) < 4.78 is 23.3. The molecule has 3 N–H and O–H groups in total. The highest BCUT2D eigenvalue weighted by Gasteiger charge is 2.28. The number of halogens is 1. The third-order valence-corrected chi connectivity index (χ3v) is 9.17. The number of likely N-dealkylation sites (N-methyl/N-ethyl adjacent to an activating group) is 1. The summed E-state index contributed by atoms with van der Waals surface area (Å²) in [5.74, 6) is -0.628. The fourth-order valence-electron chi connectivity index (χ4n) is 6.60. The minimum atomic E-state index is -0.767. The van der Waals surface area contributed by atoms with Crippen LogP contribution in [0.2, 0.25) is 0 Å². The molecule has 11 nitrogen and oxygen atoms in total. The van der Waals surface area contributed by atoms with E-state index in [9.17, 15) is 9.90 Å². The van der Waals surface area contributed by atoms with Crippen LogP contribution in [0, 0.1) is 5.82 Å². The lowest BCUT2D eigenvalue weighted by molar-refractivity contribution is 0.101. The molecule has 1 aliphatic heterocycles. The van der Waals surface area contributed by atoms with Gasteiger partial charge in [0.2, 0.25) is 5.95 Å². The van der Waals surface area contributed by atoms with Gasteiger partial charge in [0.1, 0.15) is 11.4 Å². The Morgan fingerprint density at radius 1 is 1.09 bits per heavy atom. The van der Waals surface area contributed by atoms with Crippen LogP contribution < -0.4 is 20.3 Å². The van der Waals surface area contributed by atoms with Gasteiger partial charge in [-0.2, -0.15) is 0 Å². The van der Waals surface area contributed by atoms with Gasteiger partial charge in [-0.25, -0.2) is 9.37 Å². The summed E-state index contributed by atoms with van der Waals surface area (Å²) in [7, 11) is 5.67. The van der Waals surface area contributed by atoms with E-state index in [1.54, 1.807) is 12.3 Å². The van der Waals surface area contributed by atoms with Gasteiger partial charge in [-0.3, -0.25) is 20.1 Å². The van der Waals surface area contributed by atoms with Crippen LogP contribution in [0.3, 0.4) is 0 Å². The van der Waals surface area contributed by atoms with Gasteiger partial charge in [-0.15, -0.1) is 0 Å². The molecule has 6 rings (SSSR count). The summed E-state index contributed by atoms with van der Waals surface area (Å²) in [4.78, 5) is 31.4. The standard InChI is InChI=1S/C34H43FN8O3/c1-41(2)19-16-37-22-12-17-42(18-13-22)24-6-9-28-29(20-24)43(23-4-7-25(44)8-5-23)34(39-28)40-33(45)26-10-15-38-32(31(26)35)27-21-36-14-11-30(27)46-3/h6,9-11,14-15,20-23,25,37,44H,4-5,7-8,12-13,16-19H2,1-3H3,(H,39,40,45)/t23-,25+. The molecule has 2 fully saturated rings. The predicted octanol–water partition coefficient (Wildman–Crippen LogP) is 4.49. The Morgan fingerprint density at radius 2 is 1.87 bits per heavy atom. The van der Waals surface area contributed by atoms with Crippen molar-refractivity contribution in [1.29, 1.82) is 0 Å². The van der Waals surface area contributed by atoms with E-state index >= 15 is 4.39 Å². The van der Waals surface area contributed by atoms with Crippen LogP contribution in [0.4, 0.5) is 16.0 Å². The second-order valence-electron chi connectivity index (χ2n) is 12.5. The molecule has 1 saturated heterocycles. The summed E-state index contributed by atoms with van der Waals surface area (Å²) in [6.45, 7) is 3.90. The zero-order valence-electron chi connectivity index (χ0n) is 26.7. The molecule has 1 saturated carbocycles. The number of fused-ring (bicyclic) bond motifs is 1. The number of ether oxygens (including phenoxy) is 1. The average Bonchev–Trinajstić information content (AvgIpc) is 3.42. The molecule has 4 aromatic rings. The Balaban J connectivity index is 1.27. The number of methoxy groups -OCH3 is 1. The van der Waals surface area contributed by atoms with E-state index in [0.717, 1.165) is 68.6 Å². The van der Waals surface area contributed by atoms with Gasteiger partial charge in [0.05, 0.1) is 35.4 Å². The average molecular weight is 631 g/mol. The van der Waals surface area contributed by atoms with E-state index in [2.05, 4.69) is 61.2 Å². The zero-order chi connectivity index (χ0) is 32.2. The number of nitrogens with one attached hydrogen (secondary N) is 2. The van der Waals surface area contributed by atoms with Crippen molar-refractivity contribution >= 4 is 28.6 Å². The molecule has 0 unspecified atom stereocenters. The van der Waals surface area contributed by atoms with Crippen molar-refractivity contribution < 1.29 is 19.0 Å². The molecule has 4 heterocycles. The highest BCUT2D eigenvalue weighted by molar-refractivity contribution is 6.05. The minimum Gasteiger partial charge on any atom is -0.496 e. The van der Waals surface area contributed by atoms with Crippen molar-refractivity contribution in [3.05, 3.63) is 60.3 Å². The number of pyridine rings is 2. The number of aliphatic hydroxyl groups excluding tert-OH is 1. The first-order chi connectivity index (χ1) is 22.3. The second kappa shape index (κ2) is 14.1. The number of aromatic nitrogens is 4. The fraction of sp³-hybridized carbons (Fsp3) is 0.471. The number of amides is 1. The number of carbonyl (C=O) groups is 1. The SMILES string of the molecule is COc1ccncc1-c1nccc(C(=O)Nc2nc3ccc(N4CCC(NCCN(C)C)CC4)cc3n2[C@H]2CC[C@@H](O)CC2)c1F. The van der Waals surface area contributed by atoms with E-state index in [1.165, 1.54) is 25.6 Å². The van der Waals surface area contributed by atoms with Crippen LogP contribution in [0.5, 0.6) is 5.75 Å². The van der Waals surface area contributed by atoms with Crippen LogP contribution in [0.15, 0.2) is 48.9 Å². The Bertz CT molecular complexity index is 1660. The number of aliphatic hydroxyl groups is 1. The molecule has 244 valence electrons. The molecule has 46 heavy (non-hydrogen) atoms. The number of benzene rings is 1. The first-order valence-corrected chi connectivity index (χ1v) is 16.1. The Hall–Kier alpha value is -4.13. The summed E-state index contributed by atoms with van der Waals surface area (Å²) in [5, 5.41) is 16.8. The molecular weight excluding hydrogens is 587 g/mol. The number of imidazole rings is 1. The van der Waals surface area contributed by atoms with Gasteiger partial charge in [0.15, 0.2) is 5.82 Å².